The Hall–Kier alpha value is -4.61. The van der Waals surface area contributed by atoms with Gasteiger partial charge in [-0.15, -0.1) is 0 Å². The second-order valence-corrected chi connectivity index (χ2v) is 9.82. The lowest BCUT2D eigenvalue weighted by Gasteiger charge is -2.36. The molecule has 4 nitrogen and oxygen atoms in total. The molecular weight excluding hydrogens is 488 g/mol. The first-order valence-electron chi connectivity index (χ1n) is 12.4. The van der Waals surface area contributed by atoms with Crippen LogP contribution in [0.2, 0.25) is 0 Å². The Morgan fingerprint density at radius 2 is 1.16 bits per heavy atom. The van der Waals surface area contributed by atoms with Gasteiger partial charge in [-0.1, -0.05) is 72.8 Å². The Morgan fingerprint density at radius 1 is 0.605 bits per heavy atom. The number of aryl methyl sites for hydroxylation is 2. The van der Waals surface area contributed by atoms with Gasteiger partial charge in [-0.25, -0.2) is 0 Å². The van der Waals surface area contributed by atoms with Gasteiger partial charge in [0.1, 0.15) is 5.57 Å². The van der Waals surface area contributed by atoms with E-state index in [1.54, 1.807) is 6.08 Å². The Bertz CT molecular complexity index is 1750. The van der Waals surface area contributed by atoms with Gasteiger partial charge in [0.25, 0.3) is 11.8 Å². The lowest BCUT2D eigenvalue weighted by molar-refractivity contribution is -0.120. The number of benzene rings is 5. The lowest BCUT2D eigenvalue weighted by Crippen LogP contribution is -2.57. The van der Waals surface area contributed by atoms with E-state index >= 15 is 0 Å². The monoisotopic (exact) mass is 512 g/mol. The second-order valence-electron chi connectivity index (χ2n) is 9.46. The van der Waals surface area contributed by atoms with Gasteiger partial charge in [0, 0.05) is 0 Å². The molecule has 5 aromatic carbocycles. The van der Waals surface area contributed by atoms with Crippen molar-refractivity contribution in [3.05, 3.63) is 125 Å². The fraction of sp³-hybridized carbons (Fsp3) is 0.0606. The molecule has 0 unspecified atom stereocenters. The number of rotatable bonds is 3. The van der Waals surface area contributed by atoms with E-state index in [1.165, 1.54) is 9.80 Å². The van der Waals surface area contributed by atoms with Gasteiger partial charge in [-0.05, 0) is 101 Å². The third-order valence-electron chi connectivity index (χ3n) is 7.11. The normalized spacial score (nSPS) is 15.2. The van der Waals surface area contributed by atoms with Crippen molar-refractivity contribution >= 4 is 68.1 Å². The van der Waals surface area contributed by atoms with Crippen LogP contribution in [0.4, 0.5) is 11.4 Å². The number of carbonyl (C=O) groups is 2. The average molecular weight is 513 g/mol. The van der Waals surface area contributed by atoms with Crippen LogP contribution in [0.5, 0.6) is 0 Å². The van der Waals surface area contributed by atoms with E-state index in [1.807, 2.05) is 111 Å². The SMILES string of the molecule is Cc1ccc(N2C(=O)/C(=C/c3c4ccccc4cc4ccccc34)C(=O)N(c3ccccc3)C2=S)cc1C. The lowest BCUT2D eigenvalue weighted by atomic mass is 9.94. The number of amides is 2. The summed E-state index contributed by atoms with van der Waals surface area (Å²) < 4.78 is 0. The second kappa shape index (κ2) is 9.36. The molecule has 38 heavy (non-hydrogen) atoms. The van der Waals surface area contributed by atoms with Gasteiger partial charge in [-0.3, -0.25) is 19.4 Å². The Balaban J connectivity index is 1.62. The molecule has 0 spiro atoms. The van der Waals surface area contributed by atoms with Gasteiger partial charge >= 0.3 is 0 Å². The van der Waals surface area contributed by atoms with Crippen LogP contribution in [0.15, 0.2) is 109 Å². The zero-order valence-electron chi connectivity index (χ0n) is 21.0. The highest BCUT2D eigenvalue weighted by molar-refractivity contribution is 7.81. The highest BCUT2D eigenvalue weighted by atomic mass is 32.1. The molecule has 6 rings (SSSR count). The maximum absolute atomic E-state index is 14.1. The molecule has 0 N–H and O–H groups in total. The molecule has 0 bridgehead atoms. The highest BCUT2D eigenvalue weighted by Crippen LogP contribution is 2.34. The number of fused-ring (bicyclic) bond motifs is 2. The zero-order chi connectivity index (χ0) is 26.4. The van der Waals surface area contributed by atoms with Crippen molar-refractivity contribution in [2.45, 2.75) is 13.8 Å². The van der Waals surface area contributed by atoms with E-state index in [-0.39, 0.29) is 10.7 Å². The van der Waals surface area contributed by atoms with Crippen molar-refractivity contribution in [3.63, 3.8) is 0 Å². The van der Waals surface area contributed by atoms with Crippen LogP contribution in [0.25, 0.3) is 27.6 Å². The minimum atomic E-state index is -0.441. The first-order valence-corrected chi connectivity index (χ1v) is 12.8. The third-order valence-corrected chi connectivity index (χ3v) is 7.48. The molecule has 184 valence electrons. The molecule has 0 aromatic heterocycles. The van der Waals surface area contributed by atoms with Crippen molar-refractivity contribution in [2.75, 3.05) is 9.80 Å². The molecule has 0 radical (unpaired) electrons. The Morgan fingerprint density at radius 3 is 1.76 bits per heavy atom. The minimum absolute atomic E-state index is 0.0576. The molecule has 1 heterocycles. The van der Waals surface area contributed by atoms with Crippen molar-refractivity contribution in [2.24, 2.45) is 0 Å². The molecule has 5 heteroatoms. The number of para-hydroxylation sites is 1. The van der Waals surface area contributed by atoms with E-state index in [0.717, 1.165) is 38.2 Å². The Kier molecular flexibility index (Phi) is 5.86. The molecule has 0 aliphatic carbocycles. The maximum atomic E-state index is 14.1. The Labute approximate surface area is 226 Å². The topological polar surface area (TPSA) is 40.6 Å². The predicted molar refractivity (Wildman–Crippen MR) is 159 cm³/mol. The van der Waals surface area contributed by atoms with Gasteiger partial charge < -0.3 is 0 Å². The summed E-state index contributed by atoms with van der Waals surface area (Å²) in [6, 6.07) is 33.2. The van der Waals surface area contributed by atoms with Gasteiger partial charge in [0.15, 0.2) is 5.11 Å². The first-order chi connectivity index (χ1) is 18.4. The molecule has 0 atom stereocenters. The van der Waals surface area contributed by atoms with E-state index < -0.39 is 11.8 Å². The summed E-state index contributed by atoms with van der Waals surface area (Å²) in [5, 5.41) is 4.15. The van der Waals surface area contributed by atoms with Gasteiger partial charge in [0.2, 0.25) is 0 Å². The van der Waals surface area contributed by atoms with Crippen LogP contribution in [-0.4, -0.2) is 16.9 Å². The van der Waals surface area contributed by atoms with E-state index in [2.05, 4.69) is 6.07 Å². The van der Waals surface area contributed by atoms with Crippen LogP contribution < -0.4 is 9.80 Å². The molecule has 5 aromatic rings. The summed E-state index contributed by atoms with van der Waals surface area (Å²) >= 11 is 5.80. The van der Waals surface area contributed by atoms with Crippen LogP contribution in [0.1, 0.15) is 16.7 Å². The number of carbonyl (C=O) groups excluding carboxylic acids is 2. The van der Waals surface area contributed by atoms with Crippen molar-refractivity contribution < 1.29 is 9.59 Å². The summed E-state index contributed by atoms with van der Waals surface area (Å²) in [5.74, 6) is -0.879. The predicted octanol–water partition coefficient (Wildman–Crippen LogP) is 7.36. The van der Waals surface area contributed by atoms with Crippen LogP contribution in [-0.2, 0) is 9.59 Å². The van der Waals surface area contributed by atoms with Crippen LogP contribution in [0, 0.1) is 13.8 Å². The smallest absolute Gasteiger partial charge is 0.268 e. The number of hydrogen-bond acceptors (Lipinski definition) is 3. The molecule has 1 aliphatic heterocycles. The fourth-order valence-electron chi connectivity index (χ4n) is 4.98. The van der Waals surface area contributed by atoms with E-state index in [0.29, 0.717) is 11.4 Å². The number of anilines is 2. The van der Waals surface area contributed by atoms with Crippen molar-refractivity contribution in [1.82, 2.24) is 0 Å². The summed E-state index contributed by atoms with van der Waals surface area (Å²) in [5.41, 5.74) is 4.27. The van der Waals surface area contributed by atoms with Gasteiger partial charge in [0.05, 0.1) is 11.4 Å². The molecular formula is C33H24N2O2S. The third kappa shape index (κ3) is 3.88. The number of nitrogens with zero attached hydrogens (tertiary/aromatic N) is 2. The summed E-state index contributed by atoms with van der Waals surface area (Å²) in [6.45, 7) is 4.02. The highest BCUT2D eigenvalue weighted by Gasteiger charge is 2.41. The molecule has 0 saturated carbocycles. The van der Waals surface area contributed by atoms with E-state index in [4.69, 9.17) is 12.2 Å². The van der Waals surface area contributed by atoms with Crippen molar-refractivity contribution in [3.8, 4) is 0 Å². The minimum Gasteiger partial charge on any atom is -0.268 e. The molecule has 1 fully saturated rings. The van der Waals surface area contributed by atoms with E-state index in [9.17, 15) is 9.59 Å². The quantitative estimate of drug-likeness (QED) is 0.110. The maximum Gasteiger partial charge on any atom is 0.270 e. The average Bonchev–Trinajstić information content (AvgIpc) is 2.93. The summed E-state index contributed by atoms with van der Waals surface area (Å²) in [7, 11) is 0. The number of hydrogen-bond donors (Lipinski definition) is 0. The van der Waals surface area contributed by atoms with Crippen LogP contribution in [0.3, 0.4) is 0 Å². The standard InChI is InChI=1S/C33H24N2O2S/c1-21-16-17-26(18-22(21)2)35-32(37)30(31(36)34(33(35)38)25-12-4-3-5-13-25)20-29-27-14-8-6-10-23(27)19-24-11-7-9-15-28(24)29/h3-20H,1-2H3/b30-20+. The fourth-order valence-corrected chi connectivity index (χ4v) is 5.35. The van der Waals surface area contributed by atoms with Crippen molar-refractivity contribution in [1.29, 1.82) is 0 Å². The number of thiocarbonyl (C=S) groups is 1. The first kappa shape index (κ1) is 23.8. The summed E-state index contributed by atoms with van der Waals surface area (Å²) in [6.07, 6.45) is 1.74. The molecule has 1 saturated heterocycles. The van der Waals surface area contributed by atoms with Crippen LogP contribution >= 0.6 is 12.2 Å². The molecule has 1 aliphatic rings. The zero-order valence-corrected chi connectivity index (χ0v) is 21.8. The summed E-state index contributed by atoms with van der Waals surface area (Å²) in [4.78, 5) is 31.1. The largest absolute Gasteiger partial charge is 0.270 e. The van der Waals surface area contributed by atoms with Gasteiger partial charge in [-0.2, -0.15) is 0 Å². The molecule has 2 amide bonds.